The van der Waals surface area contributed by atoms with E-state index in [-0.39, 0.29) is 0 Å². The van der Waals surface area contributed by atoms with Gasteiger partial charge in [-0.25, -0.2) is 0 Å². The molecule has 0 fully saturated rings. The summed E-state index contributed by atoms with van der Waals surface area (Å²) in [5.74, 6) is 0.606. The molecule has 0 amide bonds. The lowest BCUT2D eigenvalue weighted by molar-refractivity contribution is 0.0771. The van der Waals surface area contributed by atoms with Crippen LogP contribution in [-0.2, 0) is 4.74 Å². The smallest absolute Gasteiger partial charge is 0.132 e. The van der Waals surface area contributed by atoms with E-state index in [1.54, 1.807) is 18.4 Å². The van der Waals surface area contributed by atoms with Crippen LogP contribution in [-0.4, -0.2) is 18.3 Å². The lowest BCUT2D eigenvalue weighted by Gasteiger charge is -2.06. The standard InChI is InChI=1S/C9H14O3/c1-2-11-7-5-8(10)9-4-3-6-12-9/h3-4,6,8,10H,2,5,7H2,1H3. The molecule has 0 aromatic carbocycles. The Kier molecular flexibility index (Phi) is 3.84. The Morgan fingerprint density at radius 2 is 2.50 bits per heavy atom. The van der Waals surface area contributed by atoms with Crippen molar-refractivity contribution in [2.45, 2.75) is 19.4 Å². The van der Waals surface area contributed by atoms with E-state index in [9.17, 15) is 5.11 Å². The lowest BCUT2D eigenvalue weighted by Crippen LogP contribution is -2.01. The van der Waals surface area contributed by atoms with E-state index in [0.29, 0.717) is 25.4 Å². The Hall–Kier alpha value is -0.800. The quantitative estimate of drug-likeness (QED) is 0.684. The zero-order valence-electron chi connectivity index (χ0n) is 7.19. The Labute approximate surface area is 72.0 Å². The van der Waals surface area contributed by atoms with Gasteiger partial charge in [-0.3, -0.25) is 0 Å². The van der Waals surface area contributed by atoms with Crippen molar-refractivity contribution in [3.05, 3.63) is 24.2 Å². The van der Waals surface area contributed by atoms with Gasteiger partial charge in [0.1, 0.15) is 11.9 Å². The van der Waals surface area contributed by atoms with Crippen LogP contribution in [0.2, 0.25) is 0 Å². The largest absolute Gasteiger partial charge is 0.467 e. The fourth-order valence-electron chi connectivity index (χ4n) is 0.962. The summed E-state index contributed by atoms with van der Waals surface area (Å²) in [4.78, 5) is 0. The van der Waals surface area contributed by atoms with Crippen LogP contribution in [0.3, 0.4) is 0 Å². The van der Waals surface area contributed by atoms with Gasteiger partial charge in [-0.15, -0.1) is 0 Å². The molecule has 68 valence electrons. The summed E-state index contributed by atoms with van der Waals surface area (Å²) >= 11 is 0. The van der Waals surface area contributed by atoms with Crippen LogP contribution in [0.15, 0.2) is 22.8 Å². The zero-order valence-corrected chi connectivity index (χ0v) is 7.19. The van der Waals surface area contributed by atoms with Gasteiger partial charge >= 0.3 is 0 Å². The van der Waals surface area contributed by atoms with E-state index < -0.39 is 6.10 Å². The summed E-state index contributed by atoms with van der Waals surface area (Å²) in [7, 11) is 0. The maximum atomic E-state index is 9.46. The molecule has 1 aromatic rings. The first kappa shape index (κ1) is 9.29. The van der Waals surface area contributed by atoms with Gasteiger partial charge in [-0.05, 0) is 19.1 Å². The molecule has 0 bridgehead atoms. The first-order valence-electron chi connectivity index (χ1n) is 4.13. The third kappa shape index (κ3) is 2.68. The molecule has 1 N–H and O–H groups in total. The highest BCUT2D eigenvalue weighted by Gasteiger charge is 2.08. The van der Waals surface area contributed by atoms with Crippen LogP contribution in [0.25, 0.3) is 0 Å². The van der Waals surface area contributed by atoms with Crippen molar-refractivity contribution in [2.75, 3.05) is 13.2 Å². The van der Waals surface area contributed by atoms with E-state index >= 15 is 0 Å². The zero-order chi connectivity index (χ0) is 8.81. The lowest BCUT2D eigenvalue weighted by atomic mass is 10.2. The summed E-state index contributed by atoms with van der Waals surface area (Å²) in [6, 6.07) is 3.52. The summed E-state index contributed by atoms with van der Waals surface area (Å²) < 4.78 is 10.1. The second-order valence-corrected chi connectivity index (χ2v) is 2.52. The summed E-state index contributed by atoms with van der Waals surface area (Å²) in [5.41, 5.74) is 0. The highest BCUT2D eigenvalue weighted by Crippen LogP contribution is 2.16. The first-order chi connectivity index (χ1) is 5.84. The Morgan fingerprint density at radius 3 is 3.08 bits per heavy atom. The van der Waals surface area contributed by atoms with Crippen molar-refractivity contribution >= 4 is 0 Å². The van der Waals surface area contributed by atoms with Crippen LogP contribution in [0.1, 0.15) is 25.2 Å². The van der Waals surface area contributed by atoms with Crippen LogP contribution >= 0.6 is 0 Å². The fourth-order valence-corrected chi connectivity index (χ4v) is 0.962. The second-order valence-electron chi connectivity index (χ2n) is 2.52. The molecule has 0 aliphatic rings. The number of aliphatic hydroxyl groups is 1. The molecule has 1 rings (SSSR count). The maximum Gasteiger partial charge on any atom is 0.132 e. The molecule has 3 heteroatoms. The van der Waals surface area contributed by atoms with Crippen LogP contribution < -0.4 is 0 Å². The molecule has 0 aliphatic heterocycles. The fraction of sp³-hybridized carbons (Fsp3) is 0.556. The molecule has 0 radical (unpaired) electrons. The number of hydrogen-bond acceptors (Lipinski definition) is 3. The highest BCUT2D eigenvalue weighted by atomic mass is 16.5. The molecular weight excluding hydrogens is 156 g/mol. The summed E-state index contributed by atoms with van der Waals surface area (Å²) in [6.45, 7) is 3.18. The van der Waals surface area contributed by atoms with Crippen molar-refractivity contribution < 1.29 is 14.3 Å². The SMILES string of the molecule is CCOCCC(O)c1ccco1. The highest BCUT2D eigenvalue weighted by molar-refractivity contribution is 5.01. The van der Waals surface area contributed by atoms with Gasteiger partial charge in [0, 0.05) is 19.6 Å². The number of rotatable bonds is 5. The third-order valence-electron chi connectivity index (χ3n) is 1.61. The molecule has 0 spiro atoms. The van der Waals surface area contributed by atoms with E-state index in [2.05, 4.69) is 0 Å². The monoisotopic (exact) mass is 170 g/mol. The van der Waals surface area contributed by atoms with E-state index in [4.69, 9.17) is 9.15 Å². The molecule has 1 atom stereocenters. The van der Waals surface area contributed by atoms with Crippen molar-refractivity contribution in [1.29, 1.82) is 0 Å². The predicted molar refractivity (Wildman–Crippen MR) is 44.8 cm³/mol. The minimum Gasteiger partial charge on any atom is -0.467 e. The third-order valence-corrected chi connectivity index (χ3v) is 1.61. The van der Waals surface area contributed by atoms with E-state index in [1.165, 1.54) is 0 Å². The average Bonchev–Trinajstić information content (AvgIpc) is 2.56. The van der Waals surface area contributed by atoms with Crippen molar-refractivity contribution in [1.82, 2.24) is 0 Å². The Bertz CT molecular complexity index is 194. The molecule has 0 saturated carbocycles. The Morgan fingerprint density at radius 1 is 1.67 bits per heavy atom. The number of aliphatic hydroxyl groups excluding tert-OH is 1. The van der Waals surface area contributed by atoms with E-state index in [1.807, 2.05) is 6.92 Å². The van der Waals surface area contributed by atoms with Gasteiger partial charge in [0.25, 0.3) is 0 Å². The molecule has 3 nitrogen and oxygen atoms in total. The van der Waals surface area contributed by atoms with Crippen LogP contribution in [0.5, 0.6) is 0 Å². The minimum absolute atomic E-state index is 0.536. The Balaban J connectivity index is 2.25. The van der Waals surface area contributed by atoms with E-state index in [0.717, 1.165) is 0 Å². The molecule has 1 aromatic heterocycles. The average molecular weight is 170 g/mol. The molecule has 12 heavy (non-hydrogen) atoms. The van der Waals surface area contributed by atoms with Gasteiger partial charge in [-0.2, -0.15) is 0 Å². The van der Waals surface area contributed by atoms with Gasteiger partial charge < -0.3 is 14.3 Å². The molecule has 0 aliphatic carbocycles. The molecular formula is C9H14O3. The van der Waals surface area contributed by atoms with Crippen LogP contribution in [0.4, 0.5) is 0 Å². The normalized spacial score (nSPS) is 13.2. The first-order valence-corrected chi connectivity index (χ1v) is 4.13. The number of furan rings is 1. The molecule has 1 unspecified atom stereocenters. The van der Waals surface area contributed by atoms with Gasteiger partial charge in [0.05, 0.1) is 6.26 Å². The summed E-state index contributed by atoms with van der Waals surface area (Å²) in [6.07, 6.45) is 1.60. The van der Waals surface area contributed by atoms with Crippen molar-refractivity contribution in [3.8, 4) is 0 Å². The van der Waals surface area contributed by atoms with Crippen molar-refractivity contribution in [3.63, 3.8) is 0 Å². The van der Waals surface area contributed by atoms with Crippen molar-refractivity contribution in [2.24, 2.45) is 0 Å². The minimum atomic E-state index is -0.536. The predicted octanol–water partition coefficient (Wildman–Crippen LogP) is 1.74. The molecule has 1 heterocycles. The van der Waals surface area contributed by atoms with Gasteiger partial charge in [0.2, 0.25) is 0 Å². The maximum absolute atomic E-state index is 9.46. The topological polar surface area (TPSA) is 42.6 Å². The number of ether oxygens (including phenoxy) is 1. The summed E-state index contributed by atoms with van der Waals surface area (Å²) in [5, 5.41) is 9.46. The van der Waals surface area contributed by atoms with Crippen LogP contribution in [0, 0.1) is 0 Å². The van der Waals surface area contributed by atoms with Gasteiger partial charge in [-0.1, -0.05) is 0 Å². The van der Waals surface area contributed by atoms with Gasteiger partial charge in [0.15, 0.2) is 0 Å². The number of hydrogen-bond donors (Lipinski definition) is 1. The molecule has 0 saturated heterocycles. The second kappa shape index (κ2) is 4.95.